The van der Waals surface area contributed by atoms with Crippen molar-refractivity contribution in [1.82, 2.24) is 10.3 Å². The molecule has 0 bridgehead atoms. The third kappa shape index (κ3) is 2.63. The average molecular weight is 286 g/mol. The van der Waals surface area contributed by atoms with Crippen LogP contribution in [0.2, 0.25) is 0 Å². The number of aryl methyl sites for hydroxylation is 1. The first-order valence-corrected chi connectivity index (χ1v) is 7.12. The van der Waals surface area contributed by atoms with Gasteiger partial charge in [0.2, 0.25) is 5.91 Å². The van der Waals surface area contributed by atoms with Gasteiger partial charge in [0, 0.05) is 23.1 Å². The number of amides is 1. The Kier molecular flexibility index (Phi) is 3.41. The summed E-state index contributed by atoms with van der Waals surface area (Å²) < 4.78 is 0. The minimum atomic E-state index is -0.771. The fraction of sp³-hybridized carbons (Fsp3) is 0.375. The molecule has 0 radical (unpaired) electrons. The number of carboxylic acids is 1. The summed E-state index contributed by atoms with van der Waals surface area (Å²) in [5, 5.41) is 12.8. The molecule has 110 valence electrons. The predicted molar refractivity (Wildman–Crippen MR) is 79.0 cm³/mol. The van der Waals surface area contributed by atoms with Crippen molar-refractivity contribution in [3.63, 3.8) is 0 Å². The van der Waals surface area contributed by atoms with Gasteiger partial charge in [0.05, 0.1) is 12.3 Å². The Balaban J connectivity index is 1.62. The number of aromatic nitrogens is 1. The van der Waals surface area contributed by atoms with E-state index in [1.807, 2.05) is 31.3 Å². The summed E-state index contributed by atoms with van der Waals surface area (Å²) in [6, 6.07) is 6.02. The van der Waals surface area contributed by atoms with Crippen LogP contribution in [0.4, 0.5) is 0 Å². The van der Waals surface area contributed by atoms with E-state index in [0.717, 1.165) is 22.0 Å². The van der Waals surface area contributed by atoms with Gasteiger partial charge in [0.1, 0.15) is 0 Å². The van der Waals surface area contributed by atoms with Gasteiger partial charge in [-0.15, -0.1) is 0 Å². The number of H-pyrrole nitrogens is 1. The van der Waals surface area contributed by atoms with Crippen LogP contribution in [0.1, 0.15) is 24.0 Å². The summed E-state index contributed by atoms with van der Waals surface area (Å²) in [4.78, 5) is 26.0. The molecule has 1 aliphatic rings. The molecule has 1 aromatic carbocycles. The maximum Gasteiger partial charge on any atom is 0.306 e. The smallest absolute Gasteiger partial charge is 0.306 e. The van der Waals surface area contributed by atoms with Crippen LogP contribution in [0.5, 0.6) is 0 Å². The molecule has 1 heterocycles. The highest BCUT2D eigenvalue weighted by atomic mass is 16.4. The average Bonchev–Trinajstić information content (AvgIpc) is 2.78. The number of carbonyl (C=O) groups is 2. The molecule has 1 saturated carbocycles. The summed E-state index contributed by atoms with van der Waals surface area (Å²) in [6.07, 6.45) is 3.26. The van der Waals surface area contributed by atoms with E-state index in [1.54, 1.807) is 0 Å². The van der Waals surface area contributed by atoms with Gasteiger partial charge in [-0.05, 0) is 30.9 Å². The van der Waals surface area contributed by atoms with Crippen molar-refractivity contribution in [2.45, 2.75) is 32.2 Å². The van der Waals surface area contributed by atoms with Crippen molar-refractivity contribution < 1.29 is 14.7 Å². The van der Waals surface area contributed by atoms with Crippen LogP contribution in [-0.4, -0.2) is 28.0 Å². The predicted octanol–water partition coefficient (Wildman–Crippen LogP) is 2.00. The Morgan fingerprint density at radius 1 is 1.38 bits per heavy atom. The number of fused-ring (bicyclic) bond motifs is 1. The molecule has 1 fully saturated rings. The zero-order valence-corrected chi connectivity index (χ0v) is 11.8. The normalized spacial score (nSPS) is 21.0. The Bertz CT molecular complexity index is 699. The number of hydrogen-bond donors (Lipinski definition) is 3. The van der Waals surface area contributed by atoms with Crippen LogP contribution >= 0.6 is 0 Å². The van der Waals surface area contributed by atoms with Crippen LogP contribution in [0.3, 0.4) is 0 Å². The summed E-state index contributed by atoms with van der Waals surface area (Å²) in [6.45, 7) is 2.03. The topological polar surface area (TPSA) is 82.2 Å². The number of para-hydroxylation sites is 1. The minimum Gasteiger partial charge on any atom is -0.481 e. The number of rotatable bonds is 4. The maximum absolute atomic E-state index is 12.0. The van der Waals surface area contributed by atoms with Crippen LogP contribution < -0.4 is 5.32 Å². The van der Waals surface area contributed by atoms with Gasteiger partial charge >= 0.3 is 5.97 Å². The Labute approximate surface area is 122 Å². The zero-order valence-electron chi connectivity index (χ0n) is 11.8. The van der Waals surface area contributed by atoms with E-state index in [4.69, 9.17) is 5.11 Å². The van der Waals surface area contributed by atoms with Crippen molar-refractivity contribution in [2.24, 2.45) is 5.92 Å². The van der Waals surface area contributed by atoms with Gasteiger partial charge in [-0.3, -0.25) is 9.59 Å². The van der Waals surface area contributed by atoms with Crippen molar-refractivity contribution in [1.29, 1.82) is 0 Å². The van der Waals surface area contributed by atoms with E-state index in [2.05, 4.69) is 10.3 Å². The third-order valence-electron chi connectivity index (χ3n) is 4.21. The molecular formula is C16H18N2O3. The van der Waals surface area contributed by atoms with Crippen molar-refractivity contribution in [3.05, 3.63) is 35.5 Å². The number of carboxylic acid groups (broad SMARTS) is 1. The standard InChI is InChI=1S/C16H18N2O3/c1-9-3-2-4-13-11(8-17-15(9)13)7-14(19)18-12-5-10(6-12)16(20)21/h2-4,8,10,12,17H,5-7H2,1H3,(H,18,19)(H,20,21). The molecular weight excluding hydrogens is 268 g/mol. The summed E-state index contributed by atoms with van der Waals surface area (Å²) >= 11 is 0. The summed E-state index contributed by atoms with van der Waals surface area (Å²) in [5.74, 6) is -1.12. The van der Waals surface area contributed by atoms with Crippen LogP contribution in [0, 0.1) is 12.8 Å². The lowest BCUT2D eigenvalue weighted by atomic mass is 9.80. The van der Waals surface area contributed by atoms with Crippen molar-refractivity contribution in [2.75, 3.05) is 0 Å². The van der Waals surface area contributed by atoms with E-state index in [9.17, 15) is 9.59 Å². The minimum absolute atomic E-state index is 0.00513. The zero-order chi connectivity index (χ0) is 15.0. The third-order valence-corrected chi connectivity index (χ3v) is 4.21. The SMILES string of the molecule is Cc1cccc2c(CC(=O)NC3CC(C(=O)O)C3)c[nH]c12. The van der Waals surface area contributed by atoms with Crippen LogP contribution in [-0.2, 0) is 16.0 Å². The van der Waals surface area contributed by atoms with Gasteiger partial charge in [-0.1, -0.05) is 18.2 Å². The molecule has 0 unspecified atom stereocenters. The highest BCUT2D eigenvalue weighted by Crippen LogP contribution is 2.27. The van der Waals surface area contributed by atoms with Crippen LogP contribution in [0.15, 0.2) is 24.4 Å². The van der Waals surface area contributed by atoms with Crippen molar-refractivity contribution >= 4 is 22.8 Å². The molecule has 5 nitrogen and oxygen atoms in total. The number of aromatic amines is 1. The van der Waals surface area contributed by atoms with E-state index in [1.165, 1.54) is 0 Å². The van der Waals surface area contributed by atoms with E-state index < -0.39 is 5.97 Å². The van der Waals surface area contributed by atoms with Gasteiger partial charge in [-0.25, -0.2) is 0 Å². The fourth-order valence-corrected chi connectivity index (χ4v) is 2.90. The molecule has 3 rings (SSSR count). The van der Waals surface area contributed by atoms with Gasteiger partial charge in [0.25, 0.3) is 0 Å². The highest BCUT2D eigenvalue weighted by Gasteiger charge is 2.35. The first kappa shape index (κ1) is 13.7. The van der Waals surface area contributed by atoms with E-state index in [0.29, 0.717) is 19.3 Å². The van der Waals surface area contributed by atoms with Crippen LogP contribution in [0.25, 0.3) is 10.9 Å². The molecule has 2 aromatic rings. The van der Waals surface area contributed by atoms with Gasteiger partial charge in [-0.2, -0.15) is 0 Å². The molecule has 0 atom stereocenters. The maximum atomic E-state index is 12.0. The van der Waals surface area contributed by atoms with E-state index in [-0.39, 0.29) is 17.9 Å². The molecule has 21 heavy (non-hydrogen) atoms. The molecule has 5 heteroatoms. The number of benzene rings is 1. The lowest BCUT2D eigenvalue weighted by Gasteiger charge is -2.32. The lowest BCUT2D eigenvalue weighted by Crippen LogP contribution is -2.47. The largest absolute Gasteiger partial charge is 0.481 e. The Morgan fingerprint density at radius 2 is 2.14 bits per heavy atom. The Morgan fingerprint density at radius 3 is 2.86 bits per heavy atom. The molecule has 0 aliphatic heterocycles. The molecule has 3 N–H and O–H groups in total. The van der Waals surface area contributed by atoms with Crippen molar-refractivity contribution in [3.8, 4) is 0 Å². The second-order valence-electron chi connectivity index (χ2n) is 5.76. The quantitative estimate of drug-likeness (QED) is 0.804. The molecule has 0 spiro atoms. The fourth-order valence-electron chi connectivity index (χ4n) is 2.90. The van der Waals surface area contributed by atoms with Gasteiger partial charge < -0.3 is 15.4 Å². The molecule has 1 aliphatic carbocycles. The number of nitrogens with one attached hydrogen (secondary N) is 2. The Hall–Kier alpha value is -2.30. The van der Waals surface area contributed by atoms with Gasteiger partial charge in [0.15, 0.2) is 0 Å². The summed E-state index contributed by atoms with van der Waals surface area (Å²) in [5.41, 5.74) is 3.19. The first-order chi connectivity index (χ1) is 10.0. The number of carbonyl (C=O) groups excluding carboxylic acids is 1. The first-order valence-electron chi connectivity index (χ1n) is 7.12. The number of hydrogen-bond acceptors (Lipinski definition) is 2. The highest BCUT2D eigenvalue weighted by molar-refractivity contribution is 5.90. The second-order valence-corrected chi connectivity index (χ2v) is 5.76. The second kappa shape index (κ2) is 5.24. The monoisotopic (exact) mass is 286 g/mol. The van der Waals surface area contributed by atoms with E-state index >= 15 is 0 Å². The molecule has 0 saturated heterocycles. The lowest BCUT2D eigenvalue weighted by molar-refractivity contribution is -0.146. The number of aliphatic carboxylic acids is 1. The molecule has 1 amide bonds. The summed E-state index contributed by atoms with van der Waals surface area (Å²) in [7, 11) is 0. The molecule has 1 aromatic heterocycles.